The van der Waals surface area contributed by atoms with Crippen molar-refractivity contribution in [2.24, 2.45) is 0 Å². The number of nitrogens with one attached hydrogen (secondary N) is 1. The molecule has 0 radical (unpaired) electrons. The summed E-state index contributed by atoms with van der Waals surface area (Å²) >= 11 is 0. The monoisotopic (exact) mass is 453 g/mol. The van der Waals surface area contributed by atoms with Crippen LogP contribution >= 0.6 is 0 Å². The van der Waals surface area contributed by atoms with Gasteiger partial charge in [-0.15, -0.1) is 0 Å². The highest BCUT2D eigenvalue weighted by Crippen LogP contribution is 2.26. The molecule has 2 aromatic heterocycles. The zero-order valence-corrected chi connectivity index (χ0v) is 20.1. The molecule has 0 saturated heterocycles. The first-order chi connectivity index (χ1) is 14.3. The van der Waals surface area contributed by atoms with Gasteiger partial charge in [0.15, 0.2) is 5.82 Å². The highest BCUT2D eigenvalue weighted by atomic mass is 28.3. The number of hydrogen-bond acceptors (Lipinski definition) is 8. The number of nitrogens with zero attached hydrogens (tertiary/aromatic N) is 4. The third kappa shape index (κ3) is 7.47. The average molecular weight is 454 g/mol. The van der Waals surface area contributed by atoms with Gasteiger partial charge in [0.2, 0.25) is 11.7 Å². The maximum atomic E-state index is 12.3. The molecule has 1 unspecified atom stereocenters. The Hall–Kier alpha value is -2.73. The number of anilines is 1. The van der Waals surface area contributed by atoms with Crippen molar-refractivity contribution in [2.75, 3.05) is 5.32 Å². The molecule has 0 aliphatic rings. The average Bonchev–Trinajstić information content (AvgIpc) is 3.21. The molecule has 2 N–H and O–H groups in total. The van der Waals surface area contributed by atoms with E-state index in [0.29, 0.717) is 5.69 Å². The number of aryl methyl sites for hydroxylation is 1. The summed E-state index contributed by atoms with van der Waals surface area (Å²) < 4.78 is 18.1. The Bertz CT molecular complexity index is 912. The number of carbonyl (C=O) groups excluding carboxylic acids is 1. The fourth-order valence-corrected chi connectivity index (χ4v) is 2.89. The Morgan fingerprint density at radius 2 is 2.00 bits per heavy atom. The van der Waals surface area contributed by atoms with Crippen LogP contribution in [0.3, 0.4) is 0 Å². The minimum atomic E-state index is -1.53. The third-order valence-corrected chi connectivity index (χ3v) is 6.98. The SMILES string of the molecule is CC(OCn1cnc(NC(=O)OC(C)(C)C)c1-c1noc(CCC(=O)O)n1)[Si](C)(C)C. The molecule has 0 aliphatic heterocycles. The molecule has 2 heterocycles. The zero-order chi connectivity index (χ0) is 23.4. The number of rotatable bonds is 9. The fourth-order valence-electron chi connectivity index (χ4n) is 2.31. The number of aromatic nitrogens is 4. The molecule has 11 nitrogen and oxygen atoms in total. The van der Waals surface area contributed by atoms with Crippen LogP contribution in [0.2, 0.25) is 19.6 Å². The van der Waals surface area contributed by atoms with Gasteiger partial charge >= 0.3 is 12.1 Å². The van der Waals surface area contributed by atoms with Gasteiger partial charge in [-0.2, -0.15) is 4.98 Å². The van der Waals surface area contributed by atoms with E-state index in [4.69, 9.17) is 19.1 Å². The van der Waals surface area contributed by atoms with Crippen molar-refractivity contribution in [1.29, 1.82) is 0 Å². The van der Waals surface area contributed by atoms with E-state index in [1.165, 1.54) is 6.33 Å². The smallest absolute Gasteiger partial charge is 0.413 e. The van der Waals surface area contributed by atoms with Gasteiger partial charge in [-0.3, -0.25) is 10.1 Å². The highest BCUT2D eigenvalue weighted by molar-refractivity contribution is 6.77. The van der Waals surface area contributed by atoms with Crippen molar-refractivity contribution in [1.82, 2.24) is 19.7 Å². The molecule has 1 atom stereocenters. The Morgan fingerprint density at radius 3 is 2.58 bits per heavy atom. The molecule has 0 aliphatic carbocycles. The number of amides is 1. The first-order valence-electron chi connectivity index (χ1n) is 9.97. The molecule has 0 spiro atoms. The Morgan fingerprint density at radius 1 is 1.32 bits per heavy atom. The molecule has 172 valence electrons. The summed E-state index contributed by atoms with van der Waals surface area (Å²) in [6.45, 7) is 14.1. The molecule has 0 aromatic carbocycles. The molecule has 1 amide bonds. The first kappa shape index (κ1) is 24.5. The summed E-state index contributed by atoms with van der Waals surface area (Å²) in [7, 11) is -1.53. The predicted molar refractivity (Wildman–Crippen MR) is 115 cm³/mol. The standard InChI is InChI=1S/C19H31N5O6Si/c1-12(31(5,6)7)28-11-24-10-20-16(22-18(27)29-19(2,3)4)15(24)17-21-13(30-23-17)8-9-14(25)26/h10,12H,8-9,11H2,1-7H3,(H,22,27)(H,25,26). The summed E-state index contributed by atoms with van der Waals surface area (Å²) in [6.07, 6.45) is 0.784. The maximum Gasteiger partial charge on any atom is 0.413 e. The lowest BCUT2D eigenvalue weighted by molar-refractivity contribution is -0.137. The zero-order valence-electron chi connectivity index (χ0n) is 19.1. The van der Waals surface area contributed by atoms with Crippen molar-refractivity contribution < 1.29 is 28.7 Å². The number of carboxylic acids is 1. The first-order valence-corrected chi connectivity index (χ1v) is 13.6. The van der Waals surface area contributed by atoms with E-state index < -0.39 is 25.7 Å². The summed E-state index contributed by atoms with van der Waals surface area (Å²) in [5, 5.41) is 15.4. The summed E-state index contributed by atoms with van der Waals surface area (Å²) in [5.74, 6) is -0.451. The van der Waals surface area contributed by atoms with E-state index in [-0.39, 0.29) is 42.8 Å². The maximum absolute atomic E-state index is 12.3. The summed E-state index contributed by atoms with van der Waals surface area (Å²) in [6, 6.07) is 0. The van der Waals surface area contributed by atoms with Crippen LogP contribution in [0.25, 0.3) is 11.5 Å². The molecule has 31 heavy (non-hydrogen) atoms. The minimum absolute atomic E-state index is 0.0708. The van der Waals surface area contributed by atoms with Crippen LogP contribution in [0.5, 0.6) is 0 Å². The number of hydrogen-bond donors (Lipinski definition) is 2. The van der Waals surface area contributed by atoms with Crippen molar-refractivity contribution in [3.05, 3.63) is 12.2 Å². The van der Waals surface area contributed by atoms with Crippen molar-refractivity contribution in [2.45, 2.75) is 78.2 Å². The van der Waals surface area contributed by atoms with Gasteiger partial charge in [0.25, 0.3) is 0 Å². The van der Waals surface area contributed by atoms with Crippen LogP contribution in [0.4, 0.5) is 10.6 Å². The van der Waals surface area contributed by atoms with Crippen LogP contribution in [-0.4, -0.2) is 56.3 Å². The second-order valence-corrected chi connectivity index (χ2v) is 14.8. The summed E-state index contributed by atoms with van der Waals surface area (Å²) in [4.78, 5) is 31.6. The summed E-state index contributed by atoms with van der Waals surface area (Å²) in [5.41, 5.74) is -0.237. The quantitative estimate of drug-likeness (QED) is 0.545. The van der Waals surface area contributed by atoms with E-state index >= 15 is 0 Å². The molecule has 0 bridgehead atoms. The molecule has 12 heteroatoms. The Labute approximate surface area is 182 Å². The molecular weight excluding hydrogens is 422 g/mol. The third-order valence-electron chi connectivity index (χ3n) is 4.37. The molecule has 0 saturated carbocycles. The van der Waals surface area contributed by atoms with Gasteiger partial charge in [-0.05, 0) is 27.7 Å². The van der Waals surface area contributed by atoms with Gasteiger partial charge in [-0.1, -0.05) is 24.8 Å². The van der Waals surface area contributed by atoms with Crippen LogP contribution < -0.4 is 5.32 Å². The Balaban J connectivity index is 2.31. The van der Waals surface area contributed by atoms with Crippen LogP contribution in [0, 0.1) is 0 Å². The van der Waals surface area contributed by atoms with E-state index in [9.17, 15) is 9.59 Å². The fraction of sp³-hybridized carbons (Fsp3) is 0.632. The Kier molecular flexibility index (Phi) is 7.60. The highest BCUT2D eigenvalue weighted by Gasteiger charge is 2.26. The number of imidazole rings is 1. The lowest BCUT2D eigenvalue weighted by Crippen LogP contribution is -2.38. The predicted octanol–water partition coefficient (Wildman–Crippen LogP) is 3.54. The van der Waals surface area contributed by atoms with Gasteiger partial charge in [0, 0.05) is 12.1 Å². The number of aliphatic carboxylic acids is 1. The van der Waals surface area contributed by atoms with Crippen molar-refractivity contribution in [3.8, 4) is 11.5 Å². The lowest BCUT2D eigenvalue weighted by Gasteiger charge is -2.25. The normalized spacial score (nSPS) is 13.1. The van der Waals surface area contributed by atoms with E-state index in [0.717, 1.165) is 0 Å². The van der Waals surface area contributed by atoms with E-state index in [1.807, 2.05) is 6.92 Å². The molecule has 0 fully saturated rings. The largest absolute Gasteiger partial charge is 0.481 e. The molecule has 2 aromatic rings. The van der Waals surface area contributed by atoms with E-state index in [2.05, 4.69) is 40.1 Å². The van der Waals surface area contributed by atoms with E-state index in [1.54, 1.807) is 25.3 Å². The lowest BCUT2D eigenvalue weighted by atomic mass is 10.2. The topological polar surface area (TPSA) is 142 Å². The second-order valence-electron chi connectivity index (χ2n) is 9.25. The van der Waals surface area contributed by atoms with Gasteiger partial charge in [0.05, 0.1) is 20.8 Å². The molecular formula is C19H31N5O6Si. The van der Waals surface area contributed by atoms with Gasteiger partial charge in [-0.25, -0.2) is 9.78 Å². The number of carbonyl (C=O) groups is 2. The second kappa shape index (κ2) is 9.60. The number of ether oxygens (including phenoxy) is 2. The van der Waals surface area contributed by atoms with Crippen molar-refractivity contribution in [3.63, 3.8) is 0 Å². The van der Waals surface area contributed by atoms with Crippen molar-refractivity contribution >= 4 is 26.0 Å². The van der Waals surface area contributed by atoms with Gasteiger partial charge < -0.3 is 23.7 Å². The number of carboxylic acid groups (broad SMARTS) is 1. The van der Waals surface area contributed by atoms with Crippen LogP contribution in [-0.2, 0) is 27.4 Å². The minimum Gasteiger partial charge on any atom is -0.481 e. The van der Waals surface area contributed by atoms with Gasteiger partial charge in [0.1, 0.15) is 18.0 Å². The van der Waals surface area contributed by atoms with Crippen LogP contribution in [0.15, 0.2) is 10.9 Å². The molecule has 2 rings (SSSR count). The van der Waals surface area contributed by atoms with Crippen LogP contribution in [0.1, 0.15) is 40.0 Å².